The van der Waals surface area contributed by atoms with E-state index < -0.39 is 0 Å². The highest BCUT2D eigenvalue weighted by Gasteiger charge is 2.15. The molecule has 0 atom stereocenters. The molecule has 78 valence electrons. The molecule has 0 aliphatic carbocycles. The Labute approximate surface area is 89.6 Å². The van der Waals surface area contributed by atoms with Crippen molar-refractivity contribution < 1.29 is 9.21 Å². The van der Waals surface area contributed by atoms with Gasteiger partial charge in [0.05, 0.1) is 12.5 Å². The highest BCUT2D eigenvalue weighted by molar-refractivity contribution is 5.97. The average Bonchev–Trinajstić information content (AvgIpc) is 2.98. The molecule has 0 N–H and O–H groups in total. The Morgan fingerprint density at radius 3 is 3.12 bits per heavy atom. The van der Waals surface area contributed by atoms with Gasteiger partial charge >= 0.3 is 5.91 Å². The summed E-state index contributed by atoms with van der Waals surface area (Å²) < 4.78 is 6.36. The molecule has 6 nitrogen and oxygen atoms in total. The number of imidazole rings is 1. The monoisotopic (exact) mass is 214 g/mol. The van der Waals surface area contributed by atoms with Gasteiger partial charge in [-0.2, -0.15) is 0 Å². The van der Waals surface area contributed by atoms with E-state index in [4.69, 9.17) is 4.42 Å². The van der Waals surface area contributed by atoms with Crippen LogP contribution in [-0.4, -0.2) is 25.4 Å². The van der Waals surface area contributed by atoms with Crippen LogP contribution in [0.1, 0.15) is 10.6 Å². The zero-order valence-electron chi connectivity index (χ0n) is 8.07. The van der Waals surface area contributed by atoms with E-state index in [-0.39, 0.29) is 11.7 Å². The predicted molar refractivity (Wildman–Crippen MR) is 53.8 cm³/mol. The summed E-state index contributed by atoms with van der Waals surface area (Å²) >= 11 is 0. The Kier molecular flexibility index (Phi) is 1.79. The average molecular weight is 214 g/mol. The molecule has 0 fully saturated rings. The molecular formula is C10H6N4O2. The number of hydrogen-bond acceptors (Lipinski definition) is 5. The summed E-state index contributed by atoms with van der Waals surface area (Å²) in [6.45, 7) is 0. The molecule has 3 rings (SSSR count). The molecule has 0 saturated carbocycles. The van der Waals surface area contributed by atoms with Crippen molar-refractivity contribution >= 4 is 17.1 Å². The second-order valence-electron chi connectivity index (χ2n) is 3.13. The molecule has 6 heteroatoms. The van der Waals surface area contributed by atoms with Gasteiger partial charge in [0, 0.05) is 0 Å². The van der Waals surface area contributed by atoms with Crippen LogP contribution in [0.2, 0.25) is 0 Å². The third kappa shape index (κ3) is 1.20. The van der Waals surface area contributed by atoms with Gasteiger partial charge in [-0.3, -0.25) is 4.79 Å². The molecule has 0 aromatic carbocycles. The maximum Gasteiger partial charge on any atom is 0.300 e. The standard InChI is InChI=1S/C10H6N4O2/c15-10(8-2-1-3-16-8)14-6-13-7-4-11-5-12-9(7)14/h1-6H. The first-order chi connectivity index (χ1) is 7.86. The van der Waals surface area contributed by atoms with Crippen molar-refractivity contribution in [2.45, 2.75) is 0 Å². The first-order valence-corrected chi connectivity index (χ1v) is 4.57. The number of fused-ring (bicyclic) bond motifs is 1. The molecule has 16 heavy (non-hydrogen) atoms. The lowest BCUT2D eigenvalue weighted by Crippen LogP contribution is -2.10. The first-order valence-electron chi connectivity index (χ1n) is 4.57. The number of carbonyl (C=O) groups is 1. The van der Waals surface area contributed by atoms with Crippen LogP contribution in [0.4, 0.5) is 0 Å². The Hall–Kier alpha value is -2.50. The fourth-order valence-corrected chi connectivity index (χ4v) is 1.43. The summed E-state index contributed by atoms with van der Waals surface area (Å²) in [5.41, 5.74) is 1.04. The van der Waals surface area contributed by atoms with Crippen LogP contribution in [0.3, 0.4) is 0 Å². The van der Waals surface area contributed by atoms with E-state index in [1.54, 1.807) is 18.3 Å². The minimum Gasteiger partial charge on any atom is -0.459 e. The van der Waals surface area contributed by atoms with Crippen molar-refractivity contribution in [2.24, 2.45) is 0 Å². The van der Waals surface area contributed by atoms with Gasteiger partial charge in [-0.25, -0.2) is 19.5 Å². The van der Waals surface area contributed by atoms with Crippen molar-refractivity contribution in [1.82, 2.24) is 19.5 Å². The number of carbonyl (C=O) groups excluding carboxylic acids is 1. The van der Waals surface area contributed by atoms with Gasteiger partial charge in [0.15, 0.2) is 11.4 Å². The summed E-state index contributed by atoms with van der Waals surface area (Å²) in [6.07, 6.45) is 5.77. The maximum atomic E-state index is 12.0. The van der Waals surface area contributed by atoms with E-state index in [2.05, 4.69) is 15.0 Å². The molecule has 0 saturated heterocycles. The third-order valence-corrected chi connectivity index (χ3v) is 2.16. The van der Waals surface area contributed by atoms with E-state index in [1.165, 1.54) is 23.5 Å². The zero-order chi connectivity index (χ0) is 11.0. The topological polar surface area (TPSA) is 73.8 Å². The molecule has 0 spiro atoms. The van der Waals surface area contributed by atoms with Crippen LogP contribution in [-0.2, 0) is 0 Å². The maximum absolute atomic E-state index is 12.0. The van der Waals surface area contributed by atoms with Crippen LogP contribution < -0.4 is 0 Å². The van der Waals surface area contributed by atoms with Gasteiger partial charge in [-0.15, -0.1) is 0 Å². The third-order valence-electron chi connectivity index (χ3n) is 2.16. The molecule has 0 unspecified atom stereocenters. The molecule has 0 aliphatic rings. The van der Waals surface area contributed by atoms with E-state index in [9.17, 15) is 4.79 Å². The van der Waals surface area contributed by atoms with Crippen molar-refractivity contribution in [3.63, 3.8) is 0 Å². The fourth-order valence-electron chi connectivity index (χ4n) is 1.43. The SMILES string of the molecule is O=C(c1ccco1)n1cnc2cncnc21. The number of nitrogens with zero attached hydrogens (tertiary/aromatic N) is 4. The lowest BCUT2D eigenvalue weighted by Gasteiger charge is -1.97. The van der Waals surface area contributed by atoms with E-state index in [1.807, 2.05) is 0 Å². The molecule has 3 aromatic heterocycles. The summed E-state index contributed by atoms with van der Waals surface area (Å²) in [4.78, 5) is 23.8. The zero-order valence-corrected chi connectivity index (χ0v) is 8.07. The summed E-state index contributed by atoms with van der Waals surface area (Å²) in [5.74, 6) is -0.0517. The van der Waals surface area contributed by atoms with Gasteiger partial charge in [-0.05, 0) is 12.1 Å². The van der Waals surface area contributed by atoms with Gasteiger partial charge in [0.1, 0.15) is 18.2 Å². The molecule has 0 radical (unpaired) electrons. The Morgan fingerprint density at radius 2 is 2.31 bits per heavy atom. The molecule has 0 bridgehead atoms. The van der Waals surface area contributed by atoms with Gasteiger partial charge in [0.25, 0.3) is 0 Å². The summed E-state index contributed by atoms with van der Waals surface area (Å²) in [6, 6.07) is 3.25. The quantitative estimate of drug-likeness (QED) is 0.606. The van der Waals surface area contributed by atoms with Crippen LogP contribution in [0, 0.1) is 0 Å². The van der Waals surface area contributed by atoms with Gasteiger partial charge in [0.2, 0.25) is 0 Å². The minimum absolute atomic E-state index is 0.248. The highest BCUT2D eigenvalue weighted by Crippen LogP contribution is 2.10. The molecular weight excluding hydrogens is 208 g/mol. The Bertz CT molecular complexity index is 642. The lowest BCUT2D eigenvalue weighted by atomic mass is 10.4. The second kappa shape index (κ2) is 3.27. The van der Waals surface area contributed by atoms with E-state index >= 15 is 0 Å². The highest BCUT2D eigenvalue weighted by atomic mass is 16.3. The normalized spacial score (nSPS) is 10.8. The Balaban J connectivity index is 2.16. The van der Waals surface area contributed by atoms with E-state index in [0.717, 1.165) is 0 Å². The second-order valence-corrected chi connectivity index (χ2v) is 3.13. The lowest BCUT2D eigenvalue weighted by molar-refractivity contribution is 0.0936. The van der Waals surface area contributed by atoms with Crippen molar-refractivity contribution in [2.75, 3.05) is 0 Å². The summed E-state index contributed by atoms with van der Waals surface area (Å²) in [5, 5.41) is 0. The summed E-state index contributed by atoms with van der Waals surface area (Å²) in [7, 11) is 0. The van der Waals surface area contributed by atoms with Crippen molar-refractivity contribution in [1.29, 1.82) is 0 Å². The molecule has 0 amide bonds. The largest absolute Gasteiger partial charge is 0.459 e. The number of furan rings is 1. The van der Waals surface area contributed by atoms with Gasteiger partial charge < -0.3 is 4.42 Å². The van der Waals surface area contributed by atoms with E-state index in [0.29, 0.717) is 11.2 Å². The van der Waals surface area contributed by atoms with Gasteiger partial charge in [-0.1, -0.05) is 0 Å². The van der Waals surface area contributed by atoms with Crippen molar-refractivity contribution in [3.05, 3.63) is 43.0 Å². The fraction of sp³-hybridized carbons (Fsp3) is 0. The Morgan fingerprint density at radius 1 is 1.38 bits per heavy atom. The first kappa shape index (κ1) is 8.78. The van der Waals surface area contributed by atoms with Crippen LogP contribution >= 0.6 is 0 Å². The molecule has 0 aliphatic heterocycles. The van der Waals surface area contributed by atoms with Crippen molar-refractivity contribution in [3.8, 4) is 0 Å². The predicted octanol–water partition coefficient (Wildman–Crippen LogP) is 1.11. The van der Waals surface area contributed by atoms with Crippen LogP contribution in [0.5, 0.6) is 0 Å². The molecule has 3 heterocycles. The number of aromatic nitrogens is 4. The molecule has 3 aromatic rings. The van der Waals surface area contributed by atoms with Crippen LogP contribution in [0.15, 0.2) is 41.7 Å². The number of rotatable bonds is 1. The van der Waals surface area contributed by atoms with Crippen LogP contribution in [0.25, 0.3) is 11.2 Å². The smallest absolute Gasteiger partial charge is 0.300 e. The minimum atomic E-state index is -0.300. The number of hydrogen-bond donors (Lipinski definition) is 0.